The maximum Gasteiger partial charge on any atom is 0.306 e. The van der Waals surface area contributed by atoms with Gasteiger partial charge in [-0.05, 0) is 64.2 Å². The Kier molecular flexibility index (Phi) is 46.4. The molecule has 0 aromatic heterocycles. The summed E-state index contributed by atoms with van der Waals surface area (Å²) < 4.78 is 16.7. The Labute approximate surface area is 370 Å². The van der Waals surface area contributed by atoms with Gasteiger partial charge in [0.1, 0.15) is 13.2 Å². The molecule has 0 saturated carbocycles. The minimum Gasteiger partial charge on any atom is -0.462 e. The molecule has 0 rings (SSSR count). The van der Waals surface area contributed by atoms with Crippen molar-refractivity contribution in [1.29, 1.82) is 0 Å². The molecule has 1 unspecified atom stereocenters. The van der Waals surface area contributed by atoms with Gasteiger partial charge in [0.15, 0.2) is 6.10 Å². The first kappa shape index (κ1) is 57.1. The van der Waals surface area contributed by atoms with Gasteiger partial charge >= 0.3 is 17.9 Å². The second-order valence-electron chi connectivity index (χ2n) is 16.8. The van der Waals surface area contributed by atoms with Gasteiger partial charge in [0, 0.05) is 19.3 Å². The molecule has 0 saturated heterocycles. The van der Waals surface area contributed by atoms with Crippen molar-refractivity contribution in [1.82, 2.24) is 0 Å². The van der Waals surface area contributed by atoms with Gasteiger partial charge in [0.2, 0.25) is 0 Å². The zero-order valence-electron chi connectivity index (χ0n) is 39.5. The van der Waals surface area contributed by atoms with Crippen LogP contribution in [-0.4, -0.2) is 37.2 Å². The number of hydrogen-bond donors (Lipinski definition) is 0. The van der Waals surface area contributed by atoms with Crippen LogP contribution in [0.15, 0.2) is 60.8 Å². The Morgan fingerprint density at radius 1 is 0.350 bits per heavy atom. The predicted octanol–water partition coefficient (Wildman–Crippen LogP) is 16.5. The second kappa shape index (κ2) is 48.8. The smallest absolute Gasteiger partial charge is 0.306 e. The molecule has 0 aromatic carbocycles. The molecule has 0 aliphatic rings. The van der Waals surface area contributed by atoms with Gasteiger partial charge in [-0.3, -0.25) is 14.4 Å². The summed E-state index contributed by atoms with van der Waals surface area (Å²) in [4.78, 5) is 37.9. The zero-order valence-corrected chi connectivity index (χ0v) is 39.5. The third kappa shape index (κ3) is 46.2. The molecular weight excluding hydrogens is 745 g/mol. The van der Waals surface area contributed by atoms with E-state index < -0.39 is 6.10 Å². The van der Waals surface area contributed by atoms with Crippen molar-refractivity contribution in [2.75, 3.05) is 13.2 Å². The SMILES string of the molecule is CC\C=C/C=C\C=C/C=C\CCCCCC(=O)OC(COC(=O)CCCCCCC/C=C\CCCCCCCCCCC)COC(=O)CCCCCCCCCCCCC. The van der Waals surface area contributed by atoms with E-state index in [9.17, 15) is 14.4 Å². The molecule has 0 aliphatic carbocycles. The lowest BCUT2D eigenvalue weighted by atomic mass is 10.1. The van der Waals surface area contributed by atoms with Crippen molar-refractivity contribution in [3.8, 4) is 0 Å². The van der Waals surface area contributed by atoms with Crippen molar-refractivity contribution in [3.05, 3.63) is 60.8 Å². The lowest BCUT2D eigenvalue weighted by molar-refractivity contribution is -0.167. The Bertz CT molecular complexity index is 1100. The van der Waals surface area contributed by atoms with Crippen molar-refractivity contribution in [2.45, 2.75) is 252 Å². The van der Waals surface area contributed by atoms with Crippen LogP contribution < -0.4 is 0 Å². The van der Waals surface area contributed by atoms with Gasteiger partial charge in [-0.2, -0.15) is 0 Å². The molecule has 0 radical (unpaired) electrons. The van der Waals surface area contributed by atoms with Gasteiger partial charge in [-0.25, -0.2) is 0 Å². The minimum absolute atomic E-state index is 0.0914. The summed E-state index contributed by atoms with van der Waals surface area (Å²) in [5, 5.41) is 0. The van der Waals surface area contributed by atoms with E-state index >= 15 is 0 Å². The van der Waals surface area contributed by atoms with Gasteiger partial charge < -0.3 is 14.2 Å². The lowest BCUT2D eigenvalue weighted by Crippen LogP contribution is -2.30. The predicted molar refractivity (Wildman–Crippen MR) is 256 cm³/mol. The van der Waals surface area contributed by atoms with E-state index in [1.165, 1.54) is 128 Å². The average molecular weight is 839 g/mol. The van der Waals surface area contributed by atoms with Crippen LogP contribution in [0.1, 0.15) is 245 Å². The van der Waals surface area contributed by atoms with Gasteiger partial charge in [0.25, 0.3) is 0 Å². The number of hydrogen-bond acceptors (Lipinski definition) is 6. The molecule has 0 heterocycles. The van der Waals surface area contributed by atoms with E-state index in [0.29, 0.717) is 12.8 Å². The van der Waals surface area contributed by atoms with E-state index in [2.05, 4.69) is 45.1 Å². The first-order valence-electron chi connectivity index (χ1n) is 25.3. The molecule has 60 heavy (non-hydrogen) atoms. The summed E-state index contributed by atoms with van der Waals surface area (Å²) in [5.74, 6) is -0.937. The zero-order chi connectivity index (χ0) is 43.7. The summed E-state index contributed by atoms with van der Waals surface area (Å²) in [6, 6.07) is 0. The van der Waals surface area contributed by atoms with Gasteiger partial charge in [-0.15, -0.1) is 0 Å². The summed E-state index contributed by atoms with van der Waals surface area (Å²) in [6.45, 7) is 6.45. The molecule has 0 aromatic rings. The normalized spacial score (nSPS) is 12.5. The van der Waals surface area contributed by atoms with Crippen LogP contribution in [0.2, 0.25) is 0 Å². The topological polar surface area (TPSA) is 78.9 Å². The highest BCUT2D eigenvalue weighted by atomic mass is 16.6. The highest BCUT2D eigenvalue weighted by Gasteiger charge is 2.19. The Balaban J connectivity index is 4.39. The van der Waals surface area contributed by atoms with E-state index in [-0.39, 0.29) is 37.5 Å². The third-order valence-corrected chi connectivity index (χ3v) is 10.9. The van der Waals surface area contributed by atoms with E-state index in [1.807, 2.05) is 36.5 Å². The molecule has 0 spiro atoms. The fourth-order valence-corrected chi connectivity index (χ4v) is 7.04. The van der Waals surface area contributed by atoms with Crippen LogP contribution in [0.4, 0.5) is 0 Å². The average Bonchev–Trinajstić information content (AvgIpc) is 3.24. The molecule has 0 N–H and O–H groups in total. The molecule has 346 valence electrons. The fourth-order valence-electron chi connectivity index (χ4n) is 7.04. The number of unbranched alkanes of at least 4 members (excludes halogenated alkanes) is 27. The van der Waals surface area contributed by atoms with Crippen LogP contribution in [-0.2, 0) is 28.6 Å². The quantitative estimate of drug-likeness (QED) is 0.0200. The maximum absolute atomic E-state index is 12.7. The molecule has 0 amide bonds. The number of esters is 3. The molecule has 1 atom stereocenters. The van der Waals surface area contributed by atoms with E-state index in [0.717, 1.165) is 77.0 Å². The molecule has 0 bridgehead atoms. The number of carbonyl (C=O) groups is 3. The summed E-state index contributed by atoms with van der Waals surface area (Å²) in [5.41, 5.74) is 0. The standard InChI is InChI=1S/C54H94O6/c1-4-7-10-13-16-19-22-24-25-26-27-28-30-32-35-38-41-44-47-53(56)59-50-51(49-58-52(55)46-43-40-37-34-31-21-18-15-12-9-6-3)60-54(57)48-45-42-39-36-33-29-23-20-17-14-11-8-5-2/h8,11,14,17,20,23,27-29,33,51H,4-7,9-10,12-13,15-16,18-19,21-22,24-26,30-32,34-50H2,1-3H3/b11-8-,17-14-,23-20-,28-27-,33-29-. The van der Waals surface area contributed by atoms with Crippen LogP contribution in [0.3, 0.4) is 0 Å². The first-order chi connectivity index (χ1) is 29.5. The highest BCUT2D eigenvalue weighted by molar-refractivity contribution is 5.71. The largest absolute Gasteiger partial charge is 0.462 e. The Morgan fingerprint density at radius 3 is 1.08 bits per heavy atom. The van der Waals surface area contributed by atoms with Crippen LogP contribution in [0, 0.1) is 0 Å². The van der Waals surface area contributed by atoms with Crippen molar-refractivity contribution in [2.24, 2.45) is 0 Å². The number of ether oxygens (including phenoxy) is 3. The summed E-state index contributed by atoms with van der Waals surface area (Å²) >= 11 is 0. The van der Waals surface area contributed by atoms with E-state index in [1.54, 1.807) is 0 Å². The van der Waals surface area contributed by atoms with Crippen LogP contribution in [0.5, 0.6) is 0 Å². The third-order valence-electron chi connectivity index (χ3n) is 10.9. The molecule has 6 heteroatoms. The highest BCUT2D eigenvalue weighted by Crippen LogP contribution is 2.15. The number of carbonyl (C=O) groups excluding carboxylic acids is 3. The molecular formula is C54H94O6. The van der Waals surface area contributed by atoms with Gasteiger partial charge in [0.05, 0.1) is 0 Å². The monoisotopic (exact) mass is 839 g/mol. The molecule has 0 fully saturated rings. The van der Waals surface area contributed by atoms with Crippen LogP contribution >= 0.6 is 0 Å². The van der Waals surface area contributed by atoms with Crippen molar-refractivity contribution in [3.63, 3.8) is 0 Å². The Hall–Kier alpha value is -2.89. The van der Waals surface area contributed by atoms with E-state index in [4.69, 9.17) is 14.2 Å². The molecule has 6 nitrogen and oxygen atoms in total. The van der Waals surface area contributed by atoms with Crippen molar-refractivity contribution < 1.29 is 28.6 Å². The molecule has 0 aliphatic heterocycles. The van der Waals surface area contributed by atoms with Crippen LogP contribution in [0.25, 0.3) is 0 Å². The number of rotatable bonds is 45. The van der Waals surface area contributed by atoms with Gasteiger partial charge in [-0.1, -0.05) is 223 Å². The van der Waals surface area contributed by atoms with Crippen molar-refractivity contribution >= 4 is 17.9 Å². The summed E-state index contributed by atoms with van der Waals surface area (Å²) in [6.07, 6.45) is 59.2. The maximum atomic E-state index is 12.7. The number of allylic oxidation sites excluding steroid dienone is 10. The lowest BCUT2D eigenvalue weighted by Gasteiger charge is -2.18. The summed E-state index contributed by atoms with van der Waals surface area (Å²) in [7, 11) is 0. The fraction of sp³-hybridized carbons (Fsp3) is 0.759. The Morgan fingerprint density at radius 2 is 0.667 bits per heavy atom. The second-order valence-corrected chi connectivity index (χ2v) is 16.8. The first-order valence-corrected chi connectivity index (χ1v) is 25.3. The minimum atomic E-state index is -0.794.